The molecule has 0 aliphatic rings. The number of anilines is 1. The van der Waals surface area contributed by atoms with Gasteiger partial charge in [0.25, 0.3) is 0 Å². The molecule has 2 rings (SSSR count). The summed E-state index contributed by atoms with van der Waals surface area (Å²) < 4.78 is 25.4. The molecule has 0 bridgehead atoms. The van der Waals surface area contributed by atoms with E-state index in [0.29, 0.717) is 17.3 Å². The van der Waals surface area contributed by atoms with Crippen molar-refractivity contribution >= 4 is 33.2 Å². The van der Waals surface area contributed by atoms with Crippen LogP contribution in [0, 0.1) is 0 Å². The fraction of sp³-hybridized carbons (Fsp3) is 0.316. The van der Waals surface area contributed by atoms with Crippen LogP contribution < -0.4 is 9.62 Å². The second-order valence-corrected chi connectivity index (χ2v) is 8.35. The van der Waals surface area contributed by atoms with Crippen molar-refractivity contribution in [2.24, 2.45) is 0 Å². The number of rotatable bonds is 8. The van der Waals surface area contributed by atoms with Crippen molar-refractivity contribution in [2.75, 3.05) is 17.1 Å². The molecule has 1 N–H and O–H groups in total. The maximum Gasteiger partial charge on any atom is 0.232 e. The van der Waals surface area contributed by atoms with Gasteiger partial charge >= 0.3 is 0 Å². The zero-order chi connectivity index (χ0) is 19.2. The number of amides is 1. The predicted molar refractivity (Wildman–Crippen MR) is 106 cm³/mol. The zero-order valence-corrected chi connectivity index (χ0v) is 16.5. The van der Waals surface area contributed by atoms with Crippen molar-refractivity contribution in [3.63, 3.8) is 0 Å². The summed E-state index contributed by atoms with van der Waals surface area (Å²) in [7, 11) is -3.47. The summed E-state index contributed by atoms with van der Waals surface area (Å²) in [4.78, 5) is 12.1. The minimum atomic E-state index is -3.47. The first-order valence-electron chi connectivity index (χ1n) is 8.37. The molecule has 2 aromatic carbocycles. The average molecular weight is 395 g/mol. The molecule has 0 unspecified atom stereocenters. The van der Waals surface area contributed by atoms with Crippen molar-refractivity contribution in [1.29, 1.82) is 0 Å². The molecule has 0 saturated heterocycles. The molecule has 7 heteroatoms. The molecular formula is C19H23ClN2O3S. The number of halogens is 1. The number of nitrogens with zero attached hydrogens (tertiary/aromatic N) is 1. The molecule has 1 amide bonds. The van der Waals surface area contributed by atoms with Gasteiger partial charge in [0.2, 0.25) is 15.9 Å². The predicted octanol–water partition coefficient (Wildman–Crippen LogP) is 3.37. The van der Waals surface area contributed by atoms with Crippen LogP contribution in [0.25, 0.3) is 0 Å². The highest BCUT2D eigenvalue weighted by Gasteiger charge is 2.18. The van der Waals surface area contributed by atoms with E-state index < -0.39 is 10.0 Å². The lowest BCUT2D eigenvalue weighted by Crippen LogP contribution is -2.34. The lowest BCUT2D eigenvalue weighted by molar-refractivity contribution is -0.121. The summed E-state index contributed by atoms with van der Waals surface area (Å²) in [5, 5.41) is 3.43. The second kappa shape index (κ2) is 9.05. The minimum absolute atomic E-state index is 0.0796. The number of hydrogen-bond acceptors (Lipinski definition) is 3. The third kappa shape index (κ3) is 6.04. The first kappa shape index (κ1) is 20.3. The number of carbonyl (C=O) groups is 1. The molecule has 0 fully saturated rings. The molecular weight excluding hydrogens is 372 g/mol. The van der Waals surface area contributed by atoms with Crippen LogP contribution >= 0.6 is 11.6 Å². The lowest BCUT2D eigenvalue weighted by atomic mass is 10.1. The van der Waals surface area contributed by atoms with Crippen molar-refractivity contribution in [2.45, 2.75) is 26.3 Å². The Morgan fingerprint density at radius 1 is 1.04 bits per heavy atom. The average Bonchev–Trinajstić information content (AvgIpc) is 2.61. The fourth-order valence-electron chi connectivity index (χ4n) is 2.48. The van der Waals surface area contributed by atoms with Gasteiger partial charge in [-0.25, -0.2) is 8.42 Å². The molecule has 0 heterocycles. The van der Waals surface area contributed by atoms with E-state index >= 15 is 0 Å². The summed E-state index contributed by atoms with van der Waals surface area (Å²) in [5.41, 5.74) is 2.62. The van der Waals surface area contributed by atoms with Crippen molar-refractivity contribution < 1.29 is 13.2 Å². The van der Waals surface area contributed by atoms with Crippen LogP contribution in [0.5, 0.6) is 0 Å². The van der Waals surface area contributed by atoms with Crippen LogP contribution in [-0.2, 0) is 27.8 Å². The molecule has 0 saturated carbocycles. The van der Waals surface area contributed by atoms with Crippen LogP contribution in [0.1, 0.15) is 24.5 Å². The fourth-order valence-corrected chi connectivity index (χ4v) is 3.53. The Bertz CT molecular complexity index is 834. The van der Waals surface area contributed by atoms with E-state index in [-0.39, 0.29) is 18.9 Å². The molecule has 0 aromatic heterocycles. The third-order valence-corrected chi connectivity index (χ3v) is 5.42. The van der Waals surface area contributed by atoms with Crippen LogP contribution in [0.3, 0.4) is 0 Å². The van der Waals surface area contributed by atoms with E-state index in [2.05, 4.69) is 5.32 Å². The number of sulfonamides is 1. The Morgan fingerprint density at radius 3 is 2.15 bits per heavy atom. The van der Waals surface area contributed by atoms with Crippen LogP contribution in [-0.4, -0.2) is 27.1 Å². The Hall–Kier alpha value is -2.05. The highest BCUT2D eigenvalue weighted by molar-refractivity contribution is 7.92. The SMILES string of the molecule is CCc1ccc(N(CCC(=O)NCc2ccc(Cl)cc2)S(C)(=O)=O)cc1. The van der Waals surface area contributed by atoms with Gasteiger partial charge in [0, 0.05) is 24.5 Å². The van der Waals surface area contributed by atoms with Crippen molar-refractivity contribution in [3.8, 4) is 0 Å². The Labute approximate surface area is 160 Å². The summed E-state index contributed by atoms with van der Waals surface area (Å²) in [6, 6.07) is 14.5. The van der Waals surface area contributed by atoms with Crippen LogP contribution in [0.2, 0.25) is 5.02 Å². The van der Waals surface area contributed by atoms with E-state index in [1.807, 2.05) is 31.2 Å². The summed E-state index contributed by atoms with van der Waals surface area (Å²) >= 11 is 5.83. The molecule has 26 heavy (non-hydrogen) atoms. The number of aryl methyl sites for hydroxylation is 1. The number of carbonyl (C=O) groups excluding carboxylic acids is 1. The van der Waals surface area contributed by atoms with Crippen LogP contribution in [0.15, 0.2) is 48.5 Å². The third-order valence-electron chi connectivity index (χ3n) is 3.98. The number of benzene rings is 2. The van der Waals surface area contributed by atoms with Gasteiger partial charge in [0.15, 0.2) is 0 Å². The number of nitrogens with one attached hydrogen (secondary N) is 1. The van der Waals surface area contributed by atoms with E-state index in [0.717, 1.165) is 23.8 Å². The molecule has 0 aliphatic carbocycles. The molecule has 5 nitrogen and oxygen atoms in total. The standard InChI is InChI=1S/C19H23ClN2O3S/c1-3-15-6-10-18(11-7-15)22(26(2,24)25)13-12-19(23)21-14-16-4-8-17(20)9-5-16/h4-11H,3,12-14H2,1-2H3,(H,21,23). The van der Waals surface area contributed by atoms with Gasteiger partial charge in [-0.1, -0.05) is 42.8 Å². The Kier molecular flexibility index (Phi) is 7.06. The molecule has 0 atom stereocenters. The van der Waals surface area contributed by atoms with Gasteiger partial charge in [-0.05, 0) is 41.8 Å². The Balaban J connectivity index is 1.95. The van der Waals surface area contributed by atoms with E-state index in [4.69, 9.17) is 11.6 Å². The summed E-state index contributed by atoms with van der Waals surface area (Å²) in [5.74, 6) is -0.209. The van der Waals surface area contributed by atoms with Gasteiger partial charge in [-0.2, -0.15) is 0 Å². The van der Waals surface area contributed by atoms with Gasteiger partial charge in [0.1, 0.15) is 0 Å². The van der Waals surface area contributed by atoms with E-state index in [9.17, 15) is 13.2 Å². The highest BCUT2D eigenvalue weighted by Crippen LogP contribution is 2.19. The maximum atomic E-state index is 12.1. The molecule has 140 valence electrons. The molecule has 0 radical (unpaired) electrons. The largest absolute Gasteiger partial charge is 0.352 e. The monoisotopic (exact) mass is 394 g/mol. The molecule has 0 aliphatic heterocycles. The minimum Gasteiger partial charge on any atom is -0.352 e. The smallest absolute Gasteiger partial charge is 0.232 e. The number of hydrogen-bond donors (Lipinski definition) is 1. The molecule has 0 spiro atoms. The lowest BCUT2D eigenvalue weighted by Gasteiger charge is -2.22. The van der Waals surface area contributed by atoms with Gasteiger partial charge in [-0.15, -0.1) is 0 Å². The van der Waals surface area contributed by atoms with Gasteiger partial charge < -0.3 is 5.32 Å². The van der Waals surface area contributed by atoms with Crippen molar-refractivity contribution in [3.05, 3.63) is 64.7 Å². The van der Waals surface area contributed by atoms with E-state index in [1.165, 1.54) is 4.31 Å². The highest BCUT2D eigenvalue weighted by atomic mass is 35.5. The van der Waals surface area contributed by atoms with Crippen molar-refractivity contribution in [1.82, 2.24) is 5.32 Å². The zero-order valence-electron chi connectivity index (χ0n) is 14.9. The summed E-state index contributed by atoms with van der Waals surface area (Å²) in [6.07, 6.45) is 2.11. The second-order valence-electron chi connectivity index (χ2n) is 6.01. The quantitative estimate of drug-likeness (QED) is 0.746. The first-order valence-corrected chi connectivity index (χ1v) is 10.6. The topological polar surface area (TPSA) is 66.5 Å². The van der Waals surface area contributed by atoms with Gasteiger partial charge in [-0.3, -0.25) is 9.10 Å². The van der Waals surface area contributed by atoms with Crippen LogP contribution in [0.4, 0.5) is 5.69 Å². The first-order chi connectivity index (χ1) is 12.3. The molecule has 2 aromatic rings. The normalized spacial score (nSPS) is 11.2. The Morgan fingerprint density at radius 2 is 1.62 bits per heavy atom. The summed E-state index contributed by atoms with van der Waals surface area (Å²) in [6.45, 7) is 2.51. The van der Waals surface area contributed by atoms with E-state index in [1.54, 1.807) is 24.3 Å². The van der Waals surface area contributed by atoms with Gasteiger partial charge in [0.05, 0.1) is 11.9 Å². The maximum absolute atomic E-state index is 12.1.